The molecular weight excluding hydrogens is 685 g/mol. The van der Waals surface area contributed by atoms with Crippen molar-refractivity contribution in [1.29, 1.82) is 15.8 Å². The molecule has 10 rings (SSSR count). The van der Waals surface area contributed by atoms with Gasteiger partial charge in [-0.2, -0.15) is 15.8 Å². The van der Waals surface area contributed by atoms with Crippen molar-refractivity contribution >= 4 is 43.6 Å². The molecule has 3 heterocycles. The number of fused-ring (bicyclic) bond motifs is 6. The standard InChI is InChI=1S/C50H28N6/c51-28-32-7-5-9-35(23-32)37-16-19-47-43(26-37)39-11-1-3-13-45(39)55(47)49-25-34(30-53)15-18-41(49)42-21-22-54-31-50(42)56-46-14-4-2-12-40(46)44-27-38(17-20-48(44)56)36-10-6-8-33(24-36)29-52/h1-27,31H. The maximum atomic E-state index is 10.2. The number of aromatic nitrogens is 3. The number of nitriles is 3. The molecule has 56 heavy (non-hydrogen) atoms. The fourth-order valence-electron chi connectivity index (χ4n) is 8.17. The van der Waals surface area contributed by atoms with Gasteiger partial charge in [0.15, 0.2) is 0 Å². The van der Waals surface area contributed by atoms with Gasteiger partial charge in [0.1, 0.15) is 0 Å². The van der Waals surface area contributed by atoms with Crippen molar-refractivity contribution in [3.8, 4) is 63.0 Å². The molecular formula is C50H28N6. The second-order valence-electron chi connectivity index (χ2n) is 13.8. The van der Waals surface area contributed by atoms with Crippen LogP contribution in [0.4, 0.5) is 0 Å². The lowest BCUT2D eigenvalue weighted by Gasteiger charge is -2.18. The van der Waals surface area contributed by atoms with Crippen LogP contribution in [0.5, 0.6) is 0 Å². The van der Waals surface area contributed by atoms with Crippen LogP contribution in [0.25, 0.3) is 88.4 Å². The molecule has 6 nitrogen and oxygen atoms in total. The van der Waals surface area contributed by atoms with Gasteiger partial charge in [-0.25, -0.2) is 0 Å². The third-order valence-corrected chi connectivity index (χ3v) is 10.7. The van der Waals surface area contributed by atoms with Crippen molar-refractivity contribution in [2.75, 3.05) is 0 Å². The van der Waals surface area contributed by atoms with Gasteiger partial charge in [0.25, 0.3) is 0 Å². The number of hydrogen-bond donors (Lipinski definition) is 0. The van der Waals surface area contributed by atoms with E-state index in [0.717, 1.165) is 88.4 Å². The number of pyridine rings is 1. The Labute approximate surface area is 322 Å². The summed E-state index contributed by atoms with van der Waals surface area (Å²) in [6.07, 6.45) is 3.74. The van der Waals surface area contributed by atoms with Crippen LogP contribution in [0.2, 0.25) is 0 Å². The van der Waals surface area contributed by atoms with E-state index in [0.29, 0.717) is 16.7 Å². The molecule has 0 atom stereocenters. The second kappa shape index (κ2) is 13.0. The quantitative estimate of drug-likeness (QED) is 0.177. The van der Waals surface area contributed by atoms with Crippen LogP contribution in [0.3, 0.4) is 0 Å². The Morgan fingerprint density at radius 2 is 0.857 bits per heavy atom. The van der Waals surface area contributed by atoms with Crippen LogP contribution in [0.1, 0.15) is 16.7 Å². The van der Waals surface area contributed by atoms with Gasteiger partial charge in [-0.1, -0.05) is 78.9 Å². The first kappa shape index (κ1) is 32.4. The van der Waals surface area contributed by atoms with Crippen LogP contribution in [-0.2, 0) is 0 Å². The summed E-state index contributed by atoms with van der Waals surface area (Å²) in [5.41, 5.74) is 13.6. The predicted octanol–water partition coefficient (Wildman–Crippen LogP) is 11.9. The molecule has 0 aliphatic heterocycles. The van der Waals surface area contributed by atoms with Crippen LogP contribution >= 0.6 is 0 Å². The van der Waals surface area contributed by atoms with Crippen molar-refractivity contribution in [2.45, 2.75) is 0 Å². The Balaban J connectivity index is 1.21. The molecule has 0 fully saturated rings. The van der Waals surface area contributed by atoms with Gasteiger partial charge in [0.2, 0.25) is 0 Å². The molecule has 6 heteroatoms. The number of benzene rings is 7. The molecule has 0 radical (unpaired) electrons. The summed E-state index contributed by atoms with van der Waals surface area (Å²) in [6.45, 7) is 0. The lowest BCUT2D eigenvalue weighted by Crippen LogP contribution is -2.02. The van der Waals surface area contributed by atoms with Gasteiger partial charge < -0.3 is 9.13 Å². The van der Waals surface area contributed by atoms with Crippen LogP contribution in [-0.4, -0.2) is 14.1 Å². The highest BCUT2D eigenvalue weighted by Gasteiger charge is 2.21. The maximum Gasteiger partial charge on any atom is 0.0992 e. The highest BCUT2D eigenvalue weighted by molar-refractivity contribution is 6.12. The van der Waals surface area contributed by atoms with E-state index in [1.165, 1.54) is 0 Å². The van der Waals surface area contributed by atoms with Gasteiger partial charge in [-0.05, 0) is 101 Å². The Bertz CT molecular complexity index is 3360. The minimum absolute atomic E-state index is 0.556. The van der Waals surface area contributed by atoms with E-state index in [9.17, 15) is 15.8 Å². The van der Waals surface area contributed by atoms with Crippen molar-refractivity contribution in [3.63, 3.8) is 0 Å². The van der Waals surface area contributed by atoms with E-state index in [1.807, 2.05) is 85.2 Å². The fourth-order valence-corrected chi connectivity index (χ4v) is 8.17. The van der Waals surface area contributed by atoms with Gasteiger partial charge in [0.05, 0.1) is 74.5 Å². The molecule has 258 valence electrons. The van der Waals surface area contributed by atoms with Gasteiger partial charge in [-0.3, -0.25) is 4.98 Å². The molecule has 0 saturated carbocycles. The third-order valence-electron chi connectivity index (χ3n) is 10.7. The Kier molecular flexibility index (Phi) is 7.53. The van der Waals surface area contributed by atoms with Crippen molar-refractivity contribution in [1.82, 2.24) is 14.1 Å². The molecule has 0 saturated heterocycles. The normalized spacial score (nSPS) is 11.2. The lowest BCUT2D eigenvalue weighted by molar-refractivity contribution is 1.13. The third kappa shape index (κ3) is 5.12. The molecule has 0 amide bonds. The molecule has 7 aromatic carbocycles. The van der Waals surface area contributed by atoms with Crippen LogP contribution < -0.4 is 0 Å². The van der Waals surface area contributed by atoms with Crippen molar-refractivity contribution in [2.24, 2.45) is 0 Å². The average molecular weight is 713 g/mol. The first-order valence-electron chi connectivity index (χ1n) is 18.2. The number of rotatable bonds is 5. The average Bonchev–Trinajstić information content (AvgIpc) is 3.78. The summed E-state index contributed by atoms with van der Waals surface area (Å²) in [5, 5.41) is 33.7. The van der Waals surface area contributed by atoms with E-state index in [4.69, 9.17) is 0 Å². The zero-order valence-corrected chi connectivity index (χ0v) is 29.8. The van der Waals surface area contributed by atoms with Gasteiger partial charge in [0, 0.05) is 38.9 Å². The zero-order chi connectivity index (χ0) is 37.8. The summed E-state index contributed by atoms with van der Waals surface area (Å²) < 4.78 is 4.53. The summed E-state index contributed by atoms with van der Waals surface area (Å²) in [7, 11) is 0. The molecule has 3 aromatic heterocycles. The van der Waals surface area contributed by atoms with Crippen molar-refractivity contribution < 1.29 is 0 Å². The molecule has 0 spiro atoms. The highest BCUT2D eigenvalue weighted by atomic mass is 15.0. The predicted molar refractivity (Wildman–Crippen MR) is 223 cm³/mol. The first-order chi connectivity index (χ1) is 27.6. The van der Waals surface area contributed by atoms with E-state index < -0.39 is 0 Å². The minimum atomic E-state index is 0.556. The molecule has 0 aliphatic carbocycles. The summed E-state index contributed by atoms with van der Waals surface area (Å²) in [5.74, 6) is 0. The van der Waals surface area contributed by atoms with E-state index in [2.05, 4.69) is 117 Å². The fraction of sp³-hybridized carbons (Fsp3) is 0. The van der Waals surface area contributed by atoms with Gasteiger partial charge in [-0.15, -0.1) is 0 Å². The van der Waals surface area contributed by atoms with E-state index in [-0.39, 0.29) is 0 Å². The molecule has 0 bridgehead atoms. The lowest BCUT2D eigenvalue weighted by atomic mass is 10.00. The van der Waals surface area contributed by atoms with Crippen LogP contribution in [0, 0.1) is 34.0 Å². The van der Waals surface area contributed by atoms with E-state index in [1.54, 1.807) is 0 Å². The van der Waals surface area contributed by atoms with Crippen molar-refractivity contribution in [3.05, 3.63) is 187 Å². The zero-order valence-electron chi connectivity index (χ0n) is 29.8. The molecule has 0 unspecified atom stereocenters. The monoisotopic (exact) mass is 712 g/mol. The molecule has 10 aromatic rings. The number of para-hydroxylation sites is 2. The second-order valence-corrected chi connectivity index (χ2v) is 13.8. The SMILES string of the molecule is N#Cc1cccc(-c2ccc3c(c2)c2ccccc2n3-c2cnccc2-c2ccc(C#N)cc2-n2c3ccccc3c3cc(-c4cccc(C#N)c4)ccc32)c1. The maximum absolute atomic E-state index is 10.2. The Hall–Kier alpha value is -8.24. The summed E-state index contributed by atoms with van der Waals surface area (Å²) in [4.78, 5) is 4.67. The minimum Gasteiger partial charge on any atom is -0.309 e. The summed E-state index contributed by atoms with van der Waals surface area (Å²) in [6, 6.07) is 59.9. The topological polar surface area (TPSA) is 94.1 Å². The first-order valence-corrected chi connectivity index (χ1v) is 18.2. The number of nitrogens with zero attached hydrogens (tertiary/aromatic N) is 6. The molecule has 0 aliphatic rings. The van der Waals surface area contributed by atoms with Gasteiger partial charge >= 0.3 is 0 Å². The van der Waals surface area contributed by atoms with Crippen LogP contribution in [0.15, 0.2) is 170 Å². The summed E-state index contributed by atoms with van der Waals surface area (Å²) >= 11 is 0. The highest BCUT2D eigenvalue weighted by Crippen LogP contribution is 2.42. The largest absolute Gasteiger partial charge is 0.309 e. The smallest absolute Gasteiger partial charge is 0.0992 e. The van der Waals surface area contributed by atoms with E-state index >= 15 is 0 Å². The Morgan fingerprint density at radius 3 is 1.43 bits per heavy atom. The number of hydrogen-bond acceptors (Lipinski definition) is 4. The Morgan fingerprint density at radius 1 is 0.375 bits per heavy atom. The molecule has 0 N–H and O–H groups in total.